The maximum absolute atomic E-state index is 6.14. The molecule has 6 aromatic rings. The van der Waals surface area contributed by atoms with E-state index < -0.39 is 0 Å². The van der Waals surface area contributed by atoms with E-state index in [4.69, 9.17) is 22.3 Å². The summed E-state index contributed by atoms with van der Waals surface area (Å²) in [6.07, 6.45) is 21.0. The molecule has 0 N–H and O–H groups in total. The summed E-state index contributed by atoms with van der Waals surface area (Å²) >= 11 is 0. The van der Waals surface area contributed by atoms with Crippen molar-refractivity contribution >= 4 is 21.8 Å². The van der Waals surface area contributed by atoms with E-state index in [1.165, 1.54) is 94.0 Å². The molecule has 0 spiro atoms. The molecule has 4 heteroatoms. The predicted molar refractivity (Wildman–Crippen MR) is 234 cm³/mol. The van der Waals surface area contributed by atoms with E-state index >= 15 is 0 Å². The highest BCUT2D eigenvalue weighted by molar-refractivity contribution is 5.94. The standard InChI is InChI=1S/C52H58N2O2/c1-7-13-21-37(11-5)35-53-45-29-17-15-27-43(45)49-48(40-24-20-26-42(34-40)56-32-10-4)52-50(47(51(49)53)39-23-19-25-41(33-39)55-31-9-3)44-28-16-18-30-46(44)54(52)36-38(12-6)22-14-8-2/h3-4,15-20,23-30,33-34,37-38,47-48H,7-8,11-14,21-22,31-32,35-36H2,1-2,5-6H3. The number of rotatable bonds is 18. The molecule has 4 nitrogen and oxygen atoms in total. The van der Waals surface area contributed by atoms with Crippen LogP contribution in [0.5, 0.6) is 11.5 Å². The fourth-order valence-electron chi connectivity index (χ4n) is 9.41. The van der Waals surface area contributed by atoms with Crippen LogP contribution < -0.4 is 9.47 Å². The SMILES string of the molecule is C#CCOc1cccc(C2c3c(n(CC(CC)CCCC)c4ccccc34)C(c3cccc(OCC#C)c3)c3c2n(CC(CC)CCCC)c2ccccc32)c1. The van der Waals surface area contributed by atoms with Gasteiger partial charge in [-0.3, -0.25) is 0 Å². The predicted octanol–water partition coefficient (Wildman–Crippen LogP) is 12.7. The minimum absolute atomic E-state index is 0.0375. The zero-order valence-electron chi connectivity index (χ0n) is 33.9. The fraction of sp³-hybridized carbons (Fsp3) is 0.385. The Hall–Kier alpha value is -5.32. The molecule has 0 saturated heterocycles. The van der Waals surface area contributed by atoms with Crippen molar-refractivity contribution in [2.24, 2.45) is 11.8 Å². The lowest BCUT2D eigenvalue weighted by Crippen LogP contribution is -2.26. The molecule has 4 unspecified atom stereocenters. The van der Waals surface area contributed by atoms with Gasteiger partial charge in [0.2, 0.25) is 0 Å². The smallest absolute Gasteiger partial charge is 0.148 e. The van der Waals surface area contributed by atoms with Crippen molar-refractivity contribution in [1.82, 2.24) is 9.13 Å². The number of ether oxygens (including phenoxy) is 2. The lowest BCUT2D eigenvalue weighted by atomic mass is 9.72. The van der Waals surface area contributed by atoms with E-state index in [1.807, 2.05) is 12.1 Å². The summed E-state index contributed by atoms with van der Waals surface area (Å²) in [4.78, 5) is 0. The molecule has 0 amide bonds. The molecule has 2 heterocycles. The minimum Gasteiger partial charge on any atom is -0.481 e. The number of hydrogen-bond acceptors (Lipinski definition) is 2. The number of nitrogens with zero attached hydrogens (tertiary/aromatic N) is 2. The van der Waals surface area contributed by atoms with Crippen LogP contribution >= 0.6 is 0 Å². The van der Waals surface area contributed by atoms with Crippen LogP contribution in [0.25, 0.3) is 21.8 Å². The van der Waals surface area contributed by atoms with Crippen molar-refractivity contribution in [3.63, 3.8) is 0 Å². The number of fused-ring (bicyclic) bond motifs is 6. The molecule has 288 valence electrons. The molecule has 1 aliphatic carbocycles. The first-order valence-corrected chi connectivity index (χ1v) is 21.1. The highest BCUT2D eigenvalue weighted by Crippen LogP contribution is 2.56. The molecule has 0 fully saturated rings. The number of hydrogen-bond donors (Lipinski definition) is 0. The van der Waals surface area contributed by atoms with Crippen LogP contribution in [0.15, 0.2) is 97.1 Å². The van der Waals surface area contributed by atoms with Crippen LogP contribution in [0.4, 0.5) is 0 Å². The minimum atomic E-state index is -0.0375. The number of benzene rings is 4. The number of terminal acetylenes is 2. The van der Waals surface area contributed by atoms with Crippen LogP contribution in [0, 0.1) is 36.5 Å². The number of unbranched alkanes of at least 4 members (excludes halogenated alkanes) is 2. The van der Waals surface area contributed by atoms with Gasteiger partial charge in [-0.1, -0.05) is 139 Å². The summed E-state index contributed by atoms with van der Waals surface area (Å²) in [5.41, 5.74) is 10.6. The molecule has 2 aromatic heterocycles. The van der Waals surface area contributed by atoms with E-state index in [9.17, 15) is 0 Å². The van der Waals surface area contributed by atoms with Gasteiger partial charge in [0.1, 0.15) is 24.7 Å². The van der Waals surface area contributed by atoms with Crippen molar-refractivity contribution in [2.45, 2.75) is 104 Å². The Morgan fingerprint density at radius 1 is 0.571 bits per heavy atom. The molecule has 0 radical (unpaired) electrons. The highest BCUT2D eigenvalue weighted by Gasteiger charge is 2.43. The third-order valence-corrected chi connectivity index (χ3v) is 12.2. The van der Waals surface area contributed by atoms with Crippen LogP contribution in [0.1, 0.15) is 125 Å². The monoisotopic (exact) mass is 742 g/mol. The van der Waals surface area contributed by atoms with E-state index in [0.29, 0.717) is 11.8 Å². The van der Waals surface area contributed by atoms with E-state index in [-0.39, 0.29) is 25.0 Å². The normalized spacial score (nSPS) is 15.8. The zero-order chi connectivity index (χ0) is 39.0. The quantitative estimate of drug-likeness (QED) is 0.0819. The average molecular weight is 743 g/mol. The maximum atomic E-state index is 6.14. The molecule has 56 heavy (non-hydrogen) atoms. The van der Waals surface area contributed by atoms with Gasteiger partial charge in [0.05, 0.1) is 11.8 Å². The summed E-state index contributed by atoms with van der Waals surface area (Å²) in [5, 5.41) is 2.64. The van der Waals surface area contributed by atoms with Crippen molar-refractivity contribution < 1.29 is 9.47 Å². The van der Waals surface area contributed by atoms with Gasteiger partial charge >= 0.3 is 0 Å². The Bertz CT molecular complexity index is 2180. The summed E-state index contributed by atoms with van der Waals surface area (Å²) in [6.45, 7) is 11.7. The molecule has 0 aliphatic heterocycles. The van der Waals surface area contributed by atoms with Gasteiger partial charge in [-0.05, 0) is 83.3 Å². The molecular weight excluding hydrogens is 685 g/mol. The van der Waals surface area contributed by atoms with Gasteiger partial charge in [0.15, 0.2) is 0 Å². The molecular formula is C52H58N2O2. The number of aromatic nitrogens is 2. The topological polar surface area (TPSA) is 28.3 Å². The second-order valence-electron chi connectivity index (χ2n) is 15.7. The van der Waals surface area contributed by atoms with Gasteiger partial charge < -0.3 is 18.6 Å². The Kier molecular flexibility index (Phi) is 12.6. The van der Waals surface area contributed by atoms with Crippen LogP contribution in [-0.2, 0) is 13.1 Å². The van der Waals surface area contributed by atoms with Gasteiger partial charge in [0.25, 0.3) is 0 Å². The third-order valence-electron chi connectivity index (χ3n) is 12.2. The molecule has 0 bridgehead atoms. The van der Waals surface area contributed by atoms with E-state index in [0.717, 1.165) is 37.4 Å². The Balaban J connectivity index is 1.61. The maximum Gasteiger partial charge on any atom is 0.148 e. The summed E-state index contributed by atoms with van der Waals surface area (Å²) in [5.74, 6) is 8.00. The molecule has 0 saturated carbocycles. The molecule has 1 aliphatic rings. The van der Waals surface area contributed by atoms with E-state index in [2.05, 4.69) is 134 Å². The van der Waals surface area contributed by atoms with Gasteiger partial charge in [-0.25, -0.2) is 0 Å². The fourth-order valence-corrected chi connectivity index (χ4v) is 9.41. The zero-order valence-corrected chi connectivity index (χ0v) is 33.9. The summed E-state index contributed by atoms with van der Waals surface area (Å²) in [6, 6.07) is 35.7. The number of para-hydroxylation sites is 2. The Labute approximate surface area is 335 Å². The van der Waals surface area contributed by atoms with Crippen LogP contribution in [0.3, 0.4) is 0 Å². The molecule has 4 aromatic carbocycles. The van der Waals surface area contributed by atoms with Crippen molar-refractivity contribution in [2.75, 3.05) is 13.2 Å². The highest BCUT2D eigenvalue weighted by atomic mass is 16.5. The Morgan fingerprint density at radius 2 is 1.00 bits per heavy atom. The summed E-state index contributed by atoms with van der Waals surface area (Å²) < 4.78 is 17.7. The van der Waals surface area contributed by atoms with E-state index in [1.54, 1.807) is 0 Å². The largest absolute Gasteiger partial charge is 0.481 e. The first kappa shape index (κ1) is 38.9. The molecule has 7 rings (SSSR count). The van der Waals surface area contributed by atoms with Gasteiger partial charge in [-0.2, -0.15) is 0 Å². The first-order valence-electron chi connectivity index (χ1n) is 21.1. The summed E-state index contributed by atoms with van der Waals surface area (Å²) in [7, 11) is 0. The van der Waals surface area contributed by atoms with Crippen molar-refractivity contribution in [3.05, 3.63) is 131 Å². The second kappa shape index (κ2) is 18.1. The molecule has 4 atom stereocenters. The lowest BCUT2D eigenvalue weighted by Gasteiger charge is -2.35. The van der Waals surface area contributed by atoms with Crippen molar-refractivity contribution in [1.29, 1.82) is 0 Å². The first-order chi connectivity index (χ1) is 27.6. The van der Waals surface area contributed by atoms with Crippen LogP contribution in [0.2, 0.25) is 0 Å². The van der Waals surface area contributed by atoms with Gasteiger partial charge in [-0.15, -0.1) is 12.8 Å². The van der Waals surface area contributed by atoms with Gasteiger partial charge in [0, 0.05) is 46.3 Å². The average Bonchev–Trinajstić information content (AvgIpc) is 3.73. The third kappa shape index (κ3) is 7.60. The van der Waals surface area contributed by atoms with Crippen molar-refractivity contribution in [3.8, 4) is 36.2 Å². The Morgan fingerprint density at radius 3 is 1.39 bits per heavy atom. The van der Waals surface area contributed by atoms with Crippen LogP contribution in [-0.4, -0.2) is 22.3 Å². The second-order valence-corrected chi connectivity index (χ2v) is 15.7. The lowest BCUT2D eigenvalue weighted by molar-refractivity contribution is 0.369.